The lowest BCUT2D eigenvalue weighted by Gasteiger charge is -2.11. The molecule has 0 amide bonds. The molecule has 0 aliphatic carbocycles. The molecule has 0 bridgehead atoms. The summed E-state index contributed by atoms with van der Waals surface area (Å²) < 4.78 is 6.72. The Labute approximate surface area is 128 Å². The van der Waals surface area contributed by atoms with Gasteiger partial charge in [-0.3, -0.25) is 9.20 Å². The number of carboxylic acids is 2. The van der Waals surface area contributed by atoms with Crippen LogP contribution < -0.4 is 4.74 Å². The Morgan fingerprint density at radius 3 is 2.67 bits per heavy atom. The third kappa shape index (κ3) is 2.85. The summed E-state index contributed by atoms with van der Waals surface area (Å²) >= 11 is 3.07. The van der Waals surface area contributed by atoms with Crippen molar-refractivity contribution in [2.45, 2.75) is 19.3 Å². The second-order valence-corrected chi connectivity index (χ2v) is 4.77. The molecule has 2 aromatic heterocycles. The SMILES string of the molecule is CCC(C(=O)O)c1ccc2nc(C(=O)O)c(OCBr)n2c1. The smallest absolute Gasteiger partial charge is 0.360 e. The van der Waals surface area contributed by atoms with Gasteiger partial charge in [-0.05, 0) is 34.0 Å². The summed E-state index contributed by atoms with van der Waals surface area (Å²) in [6, 6.07) is 3.21. The molecule has 0 fully saturated rings. The van der Waals surface area contributed by atoms with Gasteiger partial charge in [0.1, 0.15) is 11.2 Å². The summed E-state index contributed by atoms with van der Waals surface area (Å²) in [5.74, 6) is -2.74. The normalized spacial score (nSPS) is 12.3. The van der Waals surface area contributed by atoms with Crippen molar-refractivity contribution >= 4 is 33.5 Å². The highest BCUT2D eigenvalue weighted by Crippen LogP contribution is 2.26. The molecule has 1 atom stereocenters. The summed E-state index contributed by atoms with van der Waals surface area (Å²) in [7, 11) is 0. The number of carboxylic acid groups (broad SMARTS) is 2. The van der Waals surface area contributed by atoms with Gasteiger partial charge in [0.05, 0.1) is 5.92 Å². The van der Waals surface area contributed by atoms with Crippen LogP contribution in [0.15, 0.2) is 18.3 Å². The Balaban J connectivity index is 2.62. The van der Waals surface area contributed by atoms with E-state index in [1.54, 1.807) is 25.3 Å². The van der Waals surface area contributed by atoms with Gasteiger partial charge in [-0.25, -0.2) is 9.78 Å². The van der Waals surface area contributed by atoms with Gasteiger partial charge in [0, 0.05) is 6.20 Å². The fourth-order valence-corrected chi connectivity index (χ4v) is 2.34. The molecule has 0 aromatic carbocycles. The number of alkyl halides is 1. The number of fused-ring (bicyclic) bond motifs is 1. The number of hydrogen-bond acceptors (Lipinski definition) is 4. The third-order valence-corrected chi connectivity index (χ3v) is 3.33. The van der Waals surface area contributed by atoms with Crippen LogP contribution in [0.25, 0.3) is 5.65 Å². The molecule has 112 valence electrons. The highest BCUT2D eigenvalue weighted by atomic mass is 79.9. The highest BCUT2D eigenvalue weighted by molar-refractivity contribution is 9.09. The average molecular weight is 357 g/mol. The fourth-order valence-electron chi connectivity index (χ4n) is 2.13. The molecule has 0 aliphatic rings. The molecular formula is C13H13BrN2O5. The minimum atomic E-state index is -1.21. The Hall–Kier alpha value is -2.09. The lowest BCUT2D eigenvalue weighted by Crippen LogP contribution is -2.11. The summed E-state index contributed by atoms with van der Waals surface area (Å²) in [6.07, 6.45) is 1.98. The molecule has 21 heavy (non-hydrogen) atoms. The number of aromatic carboxylic acids is 1. The maximum atomic E-state index is 11.2. The molecule has 0 saturated heterocycles. The largest absolute Gasteiger partial charge is 0.481 e. The second-order valence-electron chi connectivity index (χ2n) is 4.31. The van der Waals surface area contributed by atoms with Crippen LogP contribution in [0.2, 0.25) is 0 Å². The third-order valence-electron chi connectivity index (χ3n) is 3.10. The lowest BCUT2D eigenvalue weighted by atomic mass is 9.98. The predicted molar refractivity (Wildman–Crippen MR) is 77.2 cm³/mol. The zero-order chi connectivity index (χ0) is 15.6. The summed E-state index contributed by atoms with van der Waals surface area (Å²) in [6.45, 7) is 1.77. The van der Waals surface area contributed by atoms with Gasteiger partial charge in [0.2, 0.25) is 11.6 Å². The van der Waals surface area contributed by atoms with E-state index in [2.05, 4.69) is 20.9 Å². The minimum Gasteiger partial charge on any atom is -0.481 e. The van der Waals surface area contributed by atoms with Crippen LogP contribution in [0.4, 0.5) is 0 Å². The number of halogens is 1. The summed E-state index contributed by atoms with van der Waals surface area (Å²) in [5, 5.41) is 18.3. The van der Waals surface area contributed by atoms with Crippen LogP contribution in [0.5, 0.6) is 5.88 Å². The molecule has 2 N–H and O–H groups in total. The molecule has 0 saturated carbocycles. The molecular weight excluding hydrogens is 344 g/mol. The Bertz CT molecular complexity index is 697. The van der Waals surface area contributed by atoms with Crippen LogP contribution >= 0.6 is 15.9 Å². The fraction of sp³-hybridized carbons (Fsp3) is 0.308. The van der Waals surface area contributed by atoms with Gasteiger partial charge in [0.25, 0.3) is 0 Å². The number of pyridine rings is 1. The van der Waals surface area contributed by atoms with Crippen molar-refractivity contribution in [2.24, 2.45) is 0 Å². The lowest BCUT2D eigenvalue weighted by molar-refractivity contribution is -0.138. The van der Waals surface area contributed by atoms with E-state index in [4.69, 9.17) is 9.84 Å². The van der Waals surface area contributed by atoms with Crippen LogP contribution in [0.3, 0.4) is 0 Å². The van der Waals surface area contributed by atoms with E-state index in [9.17, 15) is 14.7 Å². The molecule has 0 spiro atoms. The van der Waals surface area contributed by atoms with Gasteiger partial charge >= 0.3 is 11.9 Å². The summed E-state index contributed by atoms with van der Waals surface area (Å²) in [4.78, 5) is 26.4. The number of nitrogens with zero attached hydrogens (tertiary/aromatic N) is 2. The number of rotatable bonds is 6. The first-order valence-corrected chi connectivity index (χ1v) is 7.28. The van der Waals surface area contributed by atoms with Crippen LogP contribution in [-0.2, 0) is 4.79 Å². The topological polar surface area (TPSA) is 101 Å². The van der Waals surface area contributed by atoms with Crippen LogP contribution in [0.1, 0.15) is 35.3 Å². The van der Waals surface area contributed by atoms with Crippen molar-refractivity contribution < 1.29 is 24.5 Å². The molecule has 7 nitrogen and oxygen atoms in total. The van der Waals surface area contributed by atoms with E-state index in [1.165, 1.54) is 4.40 Å². The van der Waals surface area contributed by atoms with Gasteiger partial charge in [-0.15, -0.1) is 0 Å². The number of aromatic nitrogens is 2. The van der Waals surface area contributed by atoms with E-state index in [0.717, 1.165) is 0 Å². The number of carbonyl (C=O) groups is 2. The van der Waals surface area contributed by atoms with Crippen molar-refractivity contribution in [3.63, 3.8) is 0 Å². The van der Waals surface area contributed by atoms with Crippen molar-refractivity contribution in [2.75, 3.05) is 5.52 Å². The van der Waals surface area contributed by atoms with Crippen molar-refractivity contribution in [1.82, 2.24) is 9.38 Å². The average Bonchev–Trinajstić information content (AvgIpc) is 2.78. The van der Waals surface area contributed by atoms with Gasteiger partial charge in [-0.2, -0.15) is 0 Å². The zero-order valence-corrected chi connectivity index (χ0v) is 12.7. The number of ether oxygens (including phenoxy) is 1. The minimum absolute atomic E-state index is 0.0662. The zero-order valence-electron chi connectivity index (χ0n) is 11.1. The molecule has 2 rings (SSSR count). The maximum Gasteiger partial charge on any atom is 0.360 e. The Kier molecular flexibility index (Phi) is 4.46. The van der Waals surface area contributed by atoms with Crippen molar-refractivity contribution in [1.29, 1.82) is 0 Å². The highest BCUT2D eigenvalue weighted by Gasteiger charge is 2.23. The van der Waals surface area contributed by atoms with E-state index < -0.39 is 17.9 Å². The molecule has 1 unspecified atom stereocenters. The van der Waals surface area contributed by atoms with Gasteiger partial charge in [-0.1, -0.05) is 13.0 Å². The molecule has 0 radical (unpaired) electrons. The molecule has 2 aromatic rings. The van der Waals surface area contributed by atoms with Crippen LogP contribution in [-0.4, -0.2) is 37.1 Å². The predicted octanol–water partition coefficient (Wildman–Crippen LogP) is 2.34. The number of imidazole rings is 1. The van der Waals surface area contributed by atoms with Gasteiger partial charge in [0.15, 0.2) is 0 Å². The second kappa shape index (κ2) is 6.13. The van der Waals surface area contributed by atoms with E-state index in [1.807, 2.05) is 0 Å². The van der Waals surface area contributed by atoms with E-state index >= 15 is 0 Å². The maximum absolute atomic E-state index is 11.2. The number of hydrogen-bond donors (Lipinski definition) is 2. The van der Waals surface area contributed by atoms with Gasteiger partial charge < -0.3 is 14.9 Å². The first kappa shape index (κ1) is 15.3. The molecule has 8 heteroatoms. The Morgan fingerprint density at radius 2 is 2.14 bits per heavy atom. The quantitative estimate of drug-likeness (QED) is 0.770. The standard InChI is InChI=1S/C13H13BrN2O5/c1-2-8(12(17)18)7-3-4-9-15-10(13(19)20)11(21-6-14)16(9)5-7/h3-5,8H,2,6H2,1H3,(H,17,18)(H,19,20). The first-order valence-electron chi connectivity index (χ1n) is 6.16. The number of aliphatic carboxylic acids is 1. The van der Waals surface area contributed by atoms with E-state index in [0.29, 0.717) is 17.6 Å². The van der Waals surface area contributed by atoms with Crippen molar-refractivity contribution in [3.8, 4) is 5.88 Å². The monoisotopic (exact) mass is 356 g/mol. The first-order chi connectivity index (χ1) is 9.99. The Morgan fingerprint density at radius 1 is 1.43 bits per heavy atom. The molecule has 0 aliphatic heterocycles. The summed E-state index contributed by atoms with van der Waals surface area (Å²) in [5.41, 5.74) is 0.829. The van der Waals surface area contributed by atoms with Crippen molar-refractivity contribution in [3.05, 3.63) is 29.6 Å². The van der Waals surface area contributed by atoms with Crippen LogP contribution in [0, 0.1) is 0 Å². The van der Waals surface area contributed by atoms with E-state index in [-0.39, 0.29) is 17.1 Å². The molecule has 2 heterocycles.